The Morgan fingerprint density at radius 3 is 2.60 bits per heavy atom. The second kappa shape index (κ2) is 3.94. The van der Waals surface area contributed by atoms with Gasteiger partial charge in [0.2, 0.25) is 0 Å². The van der Waals surface area contributed by atoms with E-state index in [0.717, 1.165) is 12.3 Å². The van der Waals surface area contributed by atoms with E-state index in [0.29, 0.717) is 6.10 Å². The van der Waals surface area contributed by atoms with Crippen LogP contribution in [0.15, 0.2) is 0 Å². The molecule has 10 heavy (non-hydrogen) atoms. The van der Waals surface area contributed by atoms with Crippen molar-refractivity contribution in [3.8, 4) is 0 Å². The number of hydrogen-bond acceptors (Lipinski definition) is 2. The van der Waals surface area contributed by atoms with Crippen LogP contribution in [0.3, 0.4) is 0 Å². The summed E-state index contributed by atoms with van der Waals surface area (Å²) in [6.07, 6.45) is 6.67. The molecule has 0 aliphatic heterocycles. The van der Waals surface area contributed by atoms with Gasteiger partial charge in [-0.3, -0.25) is 0 Å². The monoisotopic (exact) mass is 143 g/mol. The summed E-state index contributed by atoms with van der Waals surface area (Å²) in [7, 11) is 0. The first-order valence-corrected chi connectivity index (χ1v) is 4.24. The van der Waals surface area contributed by atoms with E-state index in [1.54, 1.807) is 0 Å². The molecule has 1 aliphatic rings. The van der Waals surface area contributed by atoms with Crippen molar-refractivity contribution in [3.05, 3.63) is 0 Å². The Kier molecular flexibility index (Phi) is 3.16. The zero-order valence-electron chi connectivity index (χ0n) is 6.68. The van der Waals surface area contributed by atoms with Crippen LogP contribution >= 0.6 is 0 Å². The number of rotatable bonds is 2. The number of nitrogens with two attached hydrogens (primary N) is 1. The lowest BCUT2D eigenvalue weighted by Gasteiger charge is -2.28. The molecule has 0 amide bonds. The molecule has 60 valence electrons. The average Bonchev–Trinajstić information content (AvgIpc) is 2.04. The fraction of sp³-hybridized carbons (Fsp3) is 1.00. The van der Waals surface area contributed by atoms with Crippen LogP contribution in [0.25, 0.3) is 0 Å². The van der Waals surface area contributed by atoms with Gasteiger partial charge in [0.05, 0.1) is 6.10 Å². The molecule has 0 aromatic heterocycles. The van der Waals surface area contributed by atoms with Gasteiger partial charge in [0, 0.05) is 0 Å². The van der Waals surface area contributed by atoms with Crippen LogP contribution in [0.1, 0.15) is 39.0 Å². The van der Waals surface area contributed by atoms with Gasteiger partial charge in [0.1, 0.15) is 0 Å². The van der Waals surface area contributed by atoms with Gasteiger partial charge in [0.25, 0.3) is 0 Å². The van der Waals surface area contributed by atoms with Gasteiger partial charge in [-0.2, -0.15) is 0 Å². The van der Waals surface area contributed by atoms with Gasteiger partial charge in [0.15, 0.2) is 0 Å². The van der Waals surface area contributed by atoms with Gasteiger partial charge >= 0.3 is 0 Å². The first-order valence-electron chi connectivity index (χ1n) is 4.24. The van der Waals surface area contributed by atoms with Crippen molar-refractivity contribution in [2.45, 2.75) is 45.1 Å². The first kappa shape index (κ1) is 8.02. The van der Waals surface area contributed by atoms with Crippen LogP contribution in [0.2, 0.25) is 0 Å². The highest BCUT2D eigenvalue weighted by atomic mass is 16.6. The Balaban J connectivity index is 2.34. The van der Waals surface area contributed by atoms with E-state index in [4.69, 9.17) is 10.7 Å². The van der Waals surface area contributed by atoms with Crippen LogP contribution < -0.4 is 5.90 Å². The van der Waals surface area contributed by atoms with E-state index in [2.05, 4.69) is 6.92 Å². The molecule has 2 heteroatoms. The fourth-order valence-electron chi connectivity index (χ4n) is 1.82. The lowest BCUT2D eigenvalue weighted by Crippen LogP contribution is -2.29. The molecule has 1 aliphatic carbocycles. The normalized spacial score (nSPS) is 34.2. The maximum absolute atomic E-state index is 5.17. The number of hydrogen-bond donors (Lipinski definition) is 1. The van der Waals surface area contributed by atoms with E-state index in [1.165, 1.54) is 25.7 Å². The maximum atomic E-state index is 5.17. The summed E-state index contributed by atoms with van der Waals surface area (Å²) in [4.78, 5) is 4.89. The van der Waals surface area contributed by atoms with Crippen molar-refractivity contribution in [1.82, 2.24) is 0 Å². The molecule has 0 radical (unpaired) electrons. The average molecular weight is 143 g/mol. The van der Waals surface area contributed by atoms with Crippen LogP contribution in [0.5, 0.6) is 0 Å². The largest absolute Gasteiger partial charge is 0.301 e. The van der Waals surface area contributed by atoms with E-state index in [-0.39, 0.29) is 0 Å². The van der Waals surface area contributed by atoms with Crippen molar-refractivity contribution >= 4 is 0 Å². The van der Waals surface area contributed by atoms with Crippen LogP contribution in [0.4, 0.5) is 0 Å². The molecule has 1 fully saturated rings. The van der Waals surface area contributed by atoms with Gasteiger partial charge in [-0.1, -0.05) is 26.2 Å². The smallest absolute Gasteiger partial charge is 0.0815 e. The third kappa shape index (κ3) is 1.70. The summed E-state index contributed by atoms with van der Waals surface area (Å²) in [5.74, 6) is 5.89. The van der Waals surface area contributed by atoms with Crippen molar-refractivity contribution < 1.29 is 4.84 Å². The predicted octanol–water partition coefficient (Wildman–Crippen LogP) is 1.85. The minimum atomic E-state index is 0.346. The highest BCUT2D eigenvalue weighted by molar-refractivity contribution is 4.73. The summed E-state index contributed by atoms with van der Waals surface area (Å²) < 4.78 is 0. The fourth-order valence-corrected chi connectivity index (χ4v) is 1.82. The molecule has 2 N–H and O–H groups in total. The van der Waals surface area contributed by atoms with Gasteiger partial charge in [-0.25, -0.2) is 5.90 Å². The standard InChI is InChI=1S/C8H17NO/c1-2-7-5-3-4-6-8(7)10-9/h7-8H,2-6,9H2,1H3. The SMILES string of the molecule is CCC1CCCCC1ON. The molecular formula is C8H17NO. The molecule has 0 heterocycles. The van der Waals surface area contributed by atoms with Crippen molar-refractivity contribution in [2.75, 3.05) is 0 Å². The lowest BCUT2D eigenvalue weighted by atomic mass is 9.85. The third-order valence-corrected chi connectivity index (χ3v) is 2.54. The van der Waals surface area contributed by atoms with E-state index >= 15 is 0 Å². The van der Waals surface area contributed by atoms with Gasteiger partial charge < -0.3 is 4.84 Å². The van der Waals surface area contributed by atoms with E-state index in [9.17, 15) is 0 Å². The molecule has 1 saturated carbocycles. The Morgan fingerprint density at radius 1 is 1.40 bits per heavy atom. The predicted molar refractivity (Wildman–Crippen MR) is 41.3 cm³/mol. The topological polar surface area (TPSA) is 35.2 Å². The quantitative estimate of drug-likeness (QED) is 0.599. The second-order valence-corrected chi connectivity index (χ2v) is 3.13. The summed E-state index contributed by atoms with van der Waals surface area (Å²) in [6.45, 7) is 2.21. The van der Waals surface area contributed by atoms with Crippen molar-refractivity contribution in [2.24, 2.45) is 11.8 Å². The summed E-state index contributed by atoms with van der Waals surface area (Å²) in [5, 5.41) is 0. The van der Waals surface area contributed by atoms with Gasteiger partial charge in [-0.15, -0.1) is 0 Å². The molecule has 0 spiro atoms. The molecule has 0 aromatic rings. The van der Waals surface area contributed by atoms with E-state index < -0.39 is 0 Å². The lowest BCUT2D eigenvalue weighted by molar-refractivity contribution is -0.0133. The third-order valence-electron chi connectivity index (χ3n) is 2.54. The van der Waals surface area contributed by atoms with Crippen LogP contribution in [-0.2, 0) is 4.84 Å². The molecule has 0 bridgehead atoms. The molecule has 0 saturated heterocycles. The maximum Gasteiger partial charge on any atom is 0.0815 e. The van der Waals surface area contributed by atoms with Crippen LogP contribution in [0, 0.1) is 5.92 Å². The van der Waals surface area contributed by atoms with Crippen molar-refractivity contribution in [3.63, 3.8) is 0 Å². The Bertz CT molecular complexity index is 83.3. The highest BCUT2D eigenvalue weighted by Crippen LogP contribution is 2.27. The first-order chi connectivity index (χ1) is 4.88. The molecule has 1 rings (SSSR count). The summed E-state index contributed by atoms with van der Waals surface area (Å²) >= 11 is 0. The Morgan fingerprint density at radius 2 is 2.10 bits per heavy atom. The zero-order chi connectivity index (χ0) is 7.40. The minimum Gasteiger partial charge on any atom is -0.301 e. The highest BCUT2D eigenvalue weighted by Gasteiger charge is 2.23. The van der Waals surface area contributed by atoms with Crippen molar-refractivity contribution in [1.29, 1.82) is 0 Å². The van der Waals surface area contributed by atoms with Crippen LogP contribution in [-0.4, -0.2) is 6.10 Å². The Labute approximate surface area is 62.7 Å². The van der Waals surface area contributed by atoms with E-state index in [1.807, 2.05) is 0 Å². The molecular weight excluding hydrogens is 126 g/mol. The second-order valence-electron chi connectivity index (χ2n) is 3.13. The molecule has 0 aromatic carbocycles. The summed E-state index contributed by atoms with van der Waals surface area (Å²) in [6, 6.07) is 0. The molecule has 2 nitrogen and oxygen atoms in total. The zero-order valence-corrected chi connectivity index (χ0v) is 6.68. The molecule has 2 unspecified atom stereocenters. The summed E-state index contributed by atoms with van der Waals surface area (Å²) in [5.41, 5.74) is 0. The minimum absolute atomic E-state index is 0.346. The molecule has 2 atom stereocenters. The van der Waals surface area contributed by atoms with Gasteiger partial charge in [-0.05, 0) is 18.8 Å². The Hall–Kier alpha value is -0.0800.